The van der Waals surface area contributed by atoms with Crippen molar-refractivity contribution in [3.63, 3.8) is 0 Å². The molecule has 104 valence electrons. The van der Waals surface area contributed by atoms with E-state index in [0.29, 0.717) is 6.42 Å². The molecule has 1 atom stereocenters. The number of carbonyl (C=O) groups excluding carboxylic acids is 2. The van der Waals surface area contributed by atoms with Gasteiger partial charge in [0.1, 0.15) is 0 Å². The van der Waals surface area contributed by atoms with Crippen molar-refractivity contribution in [3.8, 4) is 0 Å². The number of esters is 2. The molecule has 0 amide bonds. The first-order valence-electron chi connectivity index (χ1n) is 5.62. The number of aliphatic carboxylic acids is 1. The van der Waals surface area contributed by atoms with Gasteiger partial charge in [0.2, 0.25) is 0 Å². The highest BCUT2D eigenvalue weighted by atomic mass is 16.5. The molecule has 0 aromatic carbocycles. The standard InChI is InChI=1S/C11H18O7/c1-3-5-18-9(13)7-11(16,10(14)15)6-8(12)17-4-2/h16H,3-7H2,1-2H3,(H,14,15). The molecule has 0 rings (SSSR count). The van der Waals surface area contributed by atoms with Crippen LogP contribution in [0.25, 0.3) is 0 Å². The molecule has 0 aliphatic heterocycles. The zero-order valence-corrected chi connectivity index (χ0v) is 10.5. The van der Waals surface area contributed by atoms with Crippen LogP contribution in [0.4, 0.5) is 0 Å². The van der Waals surface area contributed by atoms with Gasteiger partial charge >= 0.3 is 17.9 Å². The summed E-state index contributed by atoms with van der Waals surface area (Å²) >= 11 is 0. The second-order valence-electron chi connectivity index (χ2n) is 3.72. The SMILES string of the molecule is CCCOC(=O)CC(O)(CC(=O)OCC)C(=O)O. The van der Waals surface area contributed by atoms with E-state index in [0.717, 1.165) is 0 Å². The van der Waals surface area contributed by atoms with Crippen molar-refractivity contribution >= 4 is 17.9 Å². The van der Waals surface area contributed by atoms with E-state index in [-0.39, 0.29) is 13.2 Å². The normalized spacial score (nSPS) is 13.5. The van der Waals surface area contributed by atoms with Crippen LogP contribution >= 0.6 is 0 Å². The summed E-state index contributed by atoms with van der Waals surface area (Å²) in [7, 11) is 0. The topological polar surface area (TPSA) is 110 Å². The van der Waals surface area contributed by atoms with E-state index in [4.69, 9.17) is 5.11 Å². The maximum Gasteiger partial charge on any atom is 0.336 e. The second-order valence-corrected chi connectivity index (χ2v) is 3.72. The molecule has 2 N–H and O–H groups in total. The van der Waals surface area contributed by atoms with Gasteiger partial charge in [-0.3, -0.25) is 9.59 Å². The highest BCUT2D eigenvalue weighted by molar-refractivity contribution is 5.88. The summed E-state index contributed by atoms with van der Waals surface area (Å²) in [5.41, 5.74) is -2.49. The highest BCUT2D eigenvalue weighted by Gasteiger charge is 2.41. The molecule has 0 heterocycles. The van der Waals surface area contributed by atoms with Crippen molar-refractivity contribution in [2.45, 2.75) is 38.7 Å². The van der Waals surface area contributed by atoms with Gasteiger partial charge in [0, 0.05) is 0 Å². The van der Waals surface area contributed by atoms with E-state index in [9.17, 15) is 19.5 Å². The molecule has 18 heavy (non-hydrogen) atoms. The minimum Gasteiger partial charge on any atom is -0.479 e. The lowest BCUT2D eigenvalue weighted by Crippen LogP contribution is -2.43. The zero-order chi connectivity index (χ0) is 14.2. The van der Waals surface area contributed by atoms with Gasteiger partial charge in [-0.25, -0.2) is 4.79 Å². The quantitative estimate of drug-likeness (QED) is 0.597. The minimum absolute atomic E-state index is 0.0643. The van der Waals surface area contributed by atoms with Gasteiger partial charge in [-0.2, -0.15) is 0 Å². The zero-order valence-electron chi connectivity index (χ0n) is 10.5. The minimum atomic E-state index is -2.49. The van der Waals surface area contributed by atoms with E-state index in [1.165, 1.54) is 0 Å². The summed E-state index contributed by atoms with van der Waals surface area (Å²) in [5, 5.41) is 18.6. The van der Waals surface area contributed by atoms with Crippen molar-refractivity contribution in [3.05, 3.63) is 0 Å². The Morgan fingerprint density at radius 3 is 1.94 bits per heavy atom. The predicted molar refractivity (Wildman–Crippen MR) is 59.7 cm³/mol. The molecule has 7 nitrogen and oxygen atoms in total. The molecule has 0 aromatic heterocycles. The largest absolute Gasteiger partial charge is 0.479 e. The molecule has 0 spiro atoms. The first-order chi connectivity index (χ1) is 8.35. The van der Waals surface area contributed by atoms with Crippen molar-refractivity contribution in [1.82, 2.24) is 0 Å². The number of carboxylic acids is 1. The molecule has 0 bridgehead atoms. The van der Waals surface area contributed by atoms with E-state index in [1.807, 2.05) is 0 Å². The van der Waals surface area contributed by atoms with Crippen LogP contribution in [-0.2, 0) is 23.9 Å². The van der Waals surface area contributed by atoms with Gasteiger partial charge in [-0.15, -0.1) is 0 Å². The lowest BCUT2D eigenvalue weighted by Gasteiger charge is -2.21. The molecular weight excluding hydrogens is 244 g/mol. The third kappa shape index (κ3) is 5.62. The number of ether oxygens (including phenoxy) is 2. The Morgan fingerprint density at radius 1 is 1.06 bits per heavy atom. The fraction of sp³-hybridized carbons (Fsp3) is 0.727. The van der Waals surface area contributed by atoms with Crippen molar-refractivity contribution in [1.29, 1.82) is 0 Å². The van der Waals surface area contributed by atoms with Crippen LogP contribution in [0, 0.1) is 0 Å². The maximum absolute atomic E-state index is 11.3. The van der Waals surface area contributed by atoms with Crippen LogP contribution in [-0.4, -0.2) is 46.9 Å². The molecule has 0 fully saturated rings. The molecule has 1 unspecified atom stereocenters. The van der Waals surface area contributed by atoms with E-state index < -0.39 is 36.4 Å². The Bertz CT molecular complexity index is 313. The fourth-order valence-corrected chi connectivity index (χ4v) is 1.17. The average Bonchev–Trinajstić information content (AvgIpc) is 2.26. The smallest absolute Gasteiger partial charge is 0.336 e. The number of aliphatic hydroxyl groups is 1. The average molecular weight is 262 g/mol. The second kappa shape index (κ2) is 7.65. The van der Waals surface area contributed by atoms with Gasteiger partial charge in [-0.05, 0) is 13.3 Å². The Morgan fingerprint density at radius 2 is 1.56 bits per heavy atom. The Labute approximate surface area is 105 Å². The van der Waals surface area contributed by atoms with Crippen LogP contribution in [0.5, 0.6) is 0 Å². The van der Waals surface area contributed by atoms with E-state index >= 15 is 0 Å². The van der Waals surface area contributed by atoms with Crippen molar-refractivity contribution < 1.29 is 34.1 Å². The summed E-state index contributed by atoms with van der Waals surface area (Å²) in [6.07, 6.45) is -1.01. The monoisotopic (exact) mass is 262 g/mol. The Kier molecular flexibility index (Phi) is 6.96. The summed E-state index contributed by atoms with van der Waals surface area (Å²) in [6.45, 7) is 3.52. The predicted octanol–water partition coefficient (Wildman–Crippen LogP) is 0.0986. The van der Waals surface area contributed by atoms with Crippen molar-refractivity contribution in [2.24, 2.45) is 0 Å². The molecule has 0 saturated carbocycles. The van der Waals surface area contributed by atoms with Crippen LogP contribution < -0.4 is 0 Å². The van der Waals surface area contributed by atoms with E-state index in [2.05, 4.69) is 9.47 Å². The molecule has 7 heteroatoms. The molecule has 0 aromatic rings. The third-order valence-electron chi connectivity index (χ3n) is 2.04. The van der Waals surface area contributed by atoms with Gasteiger partial charge in [0.05, 0.1) is 26.1 Å². The Hall–Kier alpha value is -1.63. The number of rotatable bonds is 8. The summed E-state index contributed by atoms with van der Waals surface area (Å²) in [4.78, 5) is 33.3. The van der Waals surface area contributed by atoms with Crippen LogP contribution in [0.2, 0.25) is 0 Å². The van der Waals surface area contributed by atoms with E-state index in [1.54, 1.807) is 13.8 Å². The van der Waals surface area contributed by atoms with Crippen LogP contribution in [0.3, 0.4) is 0 Å². The molecular formula is C11H18O7. The lowest BCUT2D eigenvalue weighted by molar-refractivity contribution is -0.173. The van der Waals surface area contributed by atoms with Crippen LogP contribution in [0.1, 0.15) is 33.1 Å². The lowest BCUT2D eigenvalue weighted by atomic mass is 9.96. The Balaban J connectivity index is 4.57. The molecule has 0 saturated heterocycles. The number of hydrogen-bond acceptors (Lipinski definition) is 6. The van der Waals surface area contributed by atoms with Crippen molar-refractivity contribution in [2.75, 3.05) is 13.2 Å². The first-order valence-corrected chi connectivity index (χ1v) is 5.62. The molecule has 0 aliphatic carbocycles. The highest BCUT2D eigenvalue weighted by Crippen LogP contribution is 2.18. The van der Waals surface area contributed by atoms with Gasteiger partial charge < -0.3 is 19.7 Å². The number of carbonyl (C=O) groups is 3. The number of carboxylic acid groups (broad SMARTS) is 1. The fourth-order valence-electron chi connectivity index (χ4n) is 1.17. The number of hydrogen-bond donors (Lipinski definition) is 2. The molecule has 0 aliphatic rings. The van der Waals surface area contributed by atoms with Gasteiger partial charge in [-0.1, -0.05) is 6.92 Å². The van der Waals surface area contributed by atoms with Gasteiger partial charge in [0.25, 0.3) is 0 Å². The third-order valence-corrected chi connectivity index (χ3v) is 2.04. The van der Waals surface area contributed by atoms with Gasteiger partial charge in [0.15, 0.2) is 5.60 Å². The maximum atomic E-state index is 11.3. The van der Waals surface area contributed by atoms with Crippen LogP contribution in [0.15, 0.2) is 0 Å². The summed E-state index contributed by atoms with van der Waals surface area (Å²) < 4.78 is 9.20. The molecule has 0 radical (unpaired) electrons. The summed E-state index contributed by atoms with van der Waals surface area (Å²) in [5.74, 6) is -3.42. The first kappa shape index (κ1) is 16.4. The summed E-state index contributed by atoms with van der Waals surface area (Å²) in [6, 6.07) is 0.